The number of carbonyl (C=O) groups is 4. The number of amides is 3. The summed E-state index contributed by atoms with van der Waals surface area (Å²) in [5.41, 5.74) is 0.917. The maximum Gasteiger partial charge on any atom is 0.339 e. The molecule has 3 amide bonds. The number of imide groups is 1. The number of ketones is 1. The van der Waals surface area contributed by atoms with Crippen LogP contribution in [-0.4, -0.2) is 48.5 Å². The molecule has 0 N–H and O–H groups in total. The third kappa shape index (κ3) is 5.88. The van der Waals surface area contributed by atoms with Gasteiger partial charge in [0.2, 0.25) is 11.8 Å². The van der Waals surface area contributed by atoms with Gasteiger partial charge in [-0.05, 0) is 61.5 Å². The Morgan fingerprint density at radius 1 is 0.921 bits per heavy atom. The van der Waals surface area contributed by atoms with Crippen molar-refractivity contribution >= 4 is 56.8 Å². The molecule has 0 saturated carbocycles. The highest BCUT2D eigenvalue weighted by Gasteiger charge is 2.38. The van der Waals surface area contributed by atoms with E-state index in [1.165, 1.54) is 54.6 Å². The van der Waals surface area contributed by atoms with Gasteiger partial charge in [0.15, 0.2) is 5.78 Å². The third-order valence-electron chi connectivity index (χ3n) is 5.65. The molecule has 4 rings (SSSR count). The Hall–Kier alpha value is -3.73. The van der Waals surface area contributed by atoms with Gasteiger partial charge in [0.25, 0.3) is 5.91 Å². The van der Waals surface area contributed by atoms with Gasteiger partial charge in [-0.2, -0.15) is 13.4 Å². The lowest BCUT2D eigenvalue weighted by atomic mass is 10.1. The Balaban J connectivity index is 1.56. The van der Waals surface area contributed by atoms with E-state index < -0.39 is 40.2 Å². The second kappa shape index (κ2) is 10.9. The molecule has 196 valence electrons. The number of benzene rings is 3. The molecule has 3 aromatic carbocycles. The summed E-state index contributed by atoms with van der Waals surface area (Å²) in [6.45, 7) is 1.17. The van der Waals surface area contributed by atoms with Crippen molar-refractivity contribution < 1.29 is 31.8 Å². The predicted molar refractivity (Wildman–Crippen MR) is 138 cm³/mol. The monoisotopic (exact) mass is 574 g/mol. The van der Waals surface area contributed by atoms with E-state index in [0.717, 1.165) is 10.6 Å². The zero-order valence-electron chi connectivity index (χ0n) is 19.9. The lowest BCUT2D eigenvalue weighted by molar-refractivity contribution is -0.152. The fraction of sp³-hybridized carbons (Fsp3) is 0.154. The van der Waals surface area contributed by atoms with Gasteiger partial charge in [-0.15, -0.1) is 0 Å². The summed E-state index contributed by atoms with van der Waals surface area (Å²) in [4.78, 5) is 51.2. The molecule has 1 heterocycles. The molecule has 0 bridgehead atoms. The van der Waals surface area contributed by atoms with Crippen molar-refractivity contribution in [1.82, 2.24) is 10.0 Å². The molecule has 1 saturated heterocycles. The number of nitrogens with zero attached hydrogens (tertiary/aromatic N) is 2. The highest BCUT2D eigenvalue weighted by atomic mass is 35.5. The molecule has 0 unspecified atom stereocenters. The lowest BCUT2D eigenvalue weighted by Crippen LogP contribution is -2.51. The molecule has 1 aliphatic rings. The minimum absolute atomic E-state index is 0.0182. The van der Waals surface area contributed by atoms with E-state index in [-0.39, 0.29) is 44.7 Å². The van der Waals surface area contributed by atoms with Crippen molar-refractivity contribution in [1.29, 1.82) is 0 Å². The summed E-state index contributed by atoms with van der Waals surface area (Å²) in [7, 11) is -4.10. The van der Waals surface area contributed by atoms with E-state index in [1.807, 2.05) is 6.92 Å². The molecule has 1 fully saturated rings. The van der Waals surface area contributed by atoms with Crippen LogP contribution in [0.2, 0.25) is 10.0 Å². The third-order valence-corrected chi connectivity index (χ3v) is 7.46. The van der Waals surface area contributed by atoms with Crippen LogP contribution in [0.3, 0.4) is 0 Å². The molecule has 0 spiro atoms. The van der Waals surface area contributed by atoms with Crippen LogP contribution in [0.5, 0.6) is 5.75 Å². The van der Waals surface area contributed by atoms with Gasteiger partial charge in [0.1, 0.15) is 17.2 Å². The minimum Gasteiger partial charge on any atom is -0.379 e. The number of hydrazine groups is 1. The SMILES string of the molecule is Cc1ccc(S(=O)(=O)Oc2ccc(C(=O)CN(C(=O)c3ccc(Cl)cc3Cl)N3C(=O)CCC3=O)cc2)cc1. The number of hydrogen-bond donors (Lipinski definition) is 0. The van der Waals surface area contributed by atoms with Crippen LogP contribution in [0.1, 0.15) is 39.1 Å². The Morgan fingerprint density at radius 2 is 1.53 bits per heavy atom. The second-order valence-corrected chi connectivity index (χ2v) is 10.8. The molecule has 9 nitrogen and oxygen atoms in total. The van der Waals surface area contributed by atoms with Crippen molar-refractivity contribution in [3.8, 4) is 5.75 Å². The predicted octanol–water partition coefficient (Wildman–Crippen LogP) is 4.46. The van der Waals surface area contributed by atoms with Crippen molar-refractivity contribution in [2.45, 2.75) is 24.7 Å². The average molecular weight is 575 g/mol. The van der Waals surface area contributed by atoms with Gasteiger partial charge in [-0.25, -0.2) is 5.01 Å². The first kappa shape index (κ1) is 27.3. The Kier molecular flexibility index (Phi) is 7.86. The minimum atomic E-state index is -4.10. The lowest BCUT2D eigenvalue weighted by Gasteiger charge is -2.29. The first-order valence-corrected chi connectivity index (χ1v) is 13.4. The Bertz CT molecular complexity index is 1520. The molecule has 12 heteroatoms. The van der Waals surface area contributed by atoms with Crippen molar-refractivity contribution in [3.63, 3.8) is 0 Å². The number of rotatable bonds is 8. The maximum absolute atomic E-state index is 13.3. The van der Waals surface area contributed by atoms with Crippen molar-refractivity contribution in [2.75, 3.05) is 6.54 Å². The molecular formula is C26H20Cl2N2O7S. The van der Waals surface area contributed by atoms with Crippen LogP contribution in [0.4, 0.5) is 0 Å². The Labute approximate surface area is 228 Å². The van der Waals surface area contributed by atoms with Crippen LogP contribution >= 0.6 is 23.2 Å². The molecule has 1 aliphatic heterocycles. The highest BCUT2D eigenvalue weighted by Crippen LogP contribution is 2.26. The summed E-state index contributed by atoms with van der Waals surface area (Å²) in [6, 6.07) is 15.4. The van der Waals surface area contributed by atoms with Gasteiger partial charge >= 0.3 is 10.1 Å². The smallest absolute Gasteiger partial charge is 0.339 e. The van der Waals surface area contributed by atoms with Crippen LogP contribution in [0.25, 0.3) is 0 Å². The second-order valence-electron chi connectivity index (χ2n) is 8.38. The van der Waals surface area contributed by atoms with Gasteiger partial charge < -0.3 is 4.18 Å². The number of Topliss-reactive ketones (excluding diaryl/α,β-unsaturated/α-hetero) is 1. The molecule has 0 atom stereocenters. The fourth-order valence-electron chi connectivity index (χ4n) is 3.67. The van der Waals surface area contributed by atoms with Crippen LogP contribution < -0.4 is 4.18 Å². The van der Waals surface area contributed by atoms with Gasteiger partial charge in [0, 0.05) is 23.4 Å². The quantitative estimate of drug-likeness (QED) is 0.221. The summed E-state index contributed by atoms with van der Waals surface area (Å²) in [5, 5.41) is 1.66. The number of aryl methyl sites for hydroxylation is 1. The van der Waals surface area contributed by atoms with Gasteiger partial charge in [0.05, 0.1) is 10.6 Å². The van der Waals surface area contributed by atoms with E-state index >= 15 is 0 Å². The number of hydrogen-bond acceptors (Lipinski definition) is 7. The van der Waals surface area contributed by atoms with Gasteiger partial charge in [-0.3, -0.25) is 19.2 Å². The topological polar surface area (TPSA) is 118 Å². The molecule has 0 aromatic heterocycles. The molecule has 3 aromatic rings. The van der Waals surface area contributed by atoms with Gasteiger partial charge in [-0.1, -0.05) is 40.9 Å². The number of carbonyl (C=O) groups excluding carboxylic acids is 4. The summed E-state index contributed by atoms with van der Waals surface area (Å²) >= 11 is 12.1. The first-order valence-electron chi connectivity index (χ1n) is 11.2. The molecular weight excluding hydrogens is 555 g/mol. The maximum atomic E-state index is 13.3. The van der Waals surface area contributed by atoms with E-state index in [4.69, 9.17) is 27.4 Å². The standard InChI is InChI=1S/C26H20Cl2N2O7S/c1-16-2-9-20(10-3-16)38(35,36)37-19-7-4-17(5-8-19)23(31)15-29(30-24(32)12-13-25(30)33)26(34)21-11-6-18(27)14-22(21)28/h2-11,14H,12-13,15H2,1H3. The normalized spacial score (nSPS) is 13.5. The first-order chi connectivity index (χ1) is 18.0. The van der Waals surface area contributed by atoms with Crippen LogP contribution in [0.15, 0.2) is 71.6 Å². The highest BCUT2D eigenvalue weighted by molar-refractivity contribution is 7.87. The van der Waals surface area contributed by atoms with E-state index in [2.05, 4.69) is 0 Å². The zero-order valence-corrected chi connectivity index (χ0v) is 22.2. The molecule has 0 radical (unpaired) electrons. The van der Waals surface area contributed by atoms with Crippen molar-refractivity contribution in [3.05, 3.63) is 93.5 Å². The van der Waals surface area contributed by atoms with Crippen LogP contribution in [-0.2, 0) is 19.7 Å². The van der Waals surface area contributed by atoms with E-state index in [0.29, 0.717) is 5.01 Å². The zero-order chi connectivity index (χ0) is 27.6. The summed E-state index contributed by atoms with van der Waals surface area (Å²) in [5.74, 6) is -2.76. The summed E-state index contributed by atoms with van der Waals surface area (Å²) in [6.07, 6.45) is -0.209. The Morgan fingerprint density at radius 3 is 2.11 bits per heavy atom. The fourth-order valence-corrected chi connectivity index (χ4v) is 5.09. The van der Waals surface area contributed by atoms with Crippen LogP contribution in [0, 0.1) is 6.92 Å². The summed E-state index contributed by atoms with van der Waals surface area (Å²) < 4.78 is 30.2. The molecule has 38 heavy (non-hydrogen) atoms. The van der Waals surface area contributed by atoms with Crippen molar-refractivity contribution in [2.24, 2.45) is 0 Å². The van der Waals surface area contributed by atoms with E-state index in [9.17, 15) is 27.6 Å². The average Bonchev–Trinajstić information content (AvgIpc) is 3.20. The number of halogens is 2. The largest absolute Gasteiger partial charge is 0.379 e. The van der Waals surface area contributed by atoms with E-state index in [1.54, 1.807) is 12.1 Å². The molecule has 0 aliphatic carbocycles.